The zero-order valence-electron chi connectivity index (χ0n) is 9.64. The van der Waals surface area contributed by atoms with E-state index in [4.69, 9.17) is 11.6 Å². The van der Waals surface area contributed by atoms with Gasteiger partial charge in [0.05, 0.1) is 16.3 Å². The number of carbonyl (C=O) groups is 1. The first-order chi connectivity index (χ1) is 9.27. The van der Waals surface area contributed by atoms with Gasteiger partial charge < -0.3 is 5.32 Å². The van der Waals surface area contributed by atoms with Crippen LogP contribution in [-0.2, 0) is 6.18 Å². The normalized spacial score (nSPS) is 11.4. The second-order valence-corrected chi connectivity index (χ2v) is 4.23. The molecule has 0 fully saturated rings. The third-order valence-corrected chi connectivity index (χ3v) is 2.71. The number of benzene rings is 1. The molecule has 0 atom stereocenters. The zero-order chi connectivity index (χ0) is 14.9. The largest absolute Gasteiger partial charge is 0.416 e. The molecule has 0 spiro atoms. The molecule has 0 aliphatic rings. The summed E-state index contributed by atoms with van der Waals surface area (Å²) in [5, 5.41) is 6.55. The van der Waals surface area contributed by atoms with Gasteiger partial charge in [0.1, 0.15) is 5.69 Å². The van der Waals surface area contributed by atoms with E-state index in [0.717, 1.165) is 18.2 Å². The topological polar surface area (TPSA) is 77.8 Å². The molecule has 1 heterocycles. The van der Waals surface area contributed by atoms with Crippen molar-refractivity contribution in [2.75, 3.05) is 5.32 Å². The van der Waals surface area contributed by atoms with E-state index in [0.29, 0.717) is 6.07 Å². The molecule has 5 nitrogen and oxygen atoms in total. The van der Waals surface area contributed by atoms with E-state index in [2.05, 4.69) is 15.5 Å². The van der Waals surface area contributed by atoms with Crippen molar-refractivity contribution < 1.29 is 18.0 Å². The van der Waals surface area contributed by atoms with Gasteiger partial charge in [-0.2, -0.15) is 13.2 Å². The molecular weight excluding hydrogens is 299 g/mol. The summed E-state index contributed by atoms with van der Waals surface area (Å²) in [4.78, 5) is 22.6. The Morgan fingerprint density at radius 1 is 1.20 bits per heavy atom. The third-order valence-electron chi connectivity index (χ3n) is 2.38. The maximum Gasteiger partial charge on any atom is 0.416 e. The molecule has 1 aromatic carbocycles. The number of nitrogens with one attached hydrogen (secondary N) is 3. The predicted molar refractivity (Wildman–Crippen MR) is 65.8 cm³/mol. The summed E-state index contributed by atoms with van der Waals surface area (Å²) >= 11 is 5.72. The molecule has 3 N–H and O–H groups in total. The number of halogens is 4. The molecule has 0 unspecified atom stereocenters. The summed E-state index contributed by atoms with van der Waals surface area (Å²) in [5.41, 5.74) is -1.80. The van der Waals surface area contributed by atoms with Crippen LogP contribution in [0.4, 0.5) is 18.9 Å². The zero-order valence-corrected chi connectivity index (χ0v) is 10.4. The fourth-order valence-electron chi connectivity index (χ4n) is 1.44. The lowest BCUT2D eigenvalue weighted by atomic mass is 10.2. The lowest BCUT2D eigenvalue weighted by Gasteiger charge is -2.11. The second-order valence-electron chi connectivity index (χ2n) is 3.82. The minimum absolute atomic E-state index is 0.0516. The molecule has 0 saturated heterocycles. The Kier molecular flexibility index (Phi) is 3.58. The van der Waals surface area contributed by atoms with Crippen molar-refractivity contribution in [3.63, 3.8) is 0 Å². The Hall–Kier alpha value is -2.22. The Labute approximate surface area is 114 Å². The summed E-state index contributed by atoms with van der Waals surface area (Å²) in [6, 6.07) is 3.51. The first kappa shape index (κ1) is 14.2. The number of alkyl halides is 3. The number of aromatic amines is 2. The average molecular weight is 306 g/mol. The van der Waals surface area contributed by atoms with Crippen LogP contribution in [-0.4, -0.2) is 16.1 Å². The Bertz CT molecular complexity index is 705. The summed E-state index contributed by atoms with van der Waals surface area (Å²) in [5.74, 6) is -0.787. The van der Waals surface area contributed by atoms with Gasteiger partial charge in [-0.1, -0.05) is 11.6 Å². The Balaban J connectivity index is 2.29. The van der Waals surface area contributed by atoms with Crippen LogP contribution in [0.3, 0.4) is 0 Å². The number of amides is 1. The highest BCUT2D eigenvalue weighted by Crippen LogP contribution is 2.33. The van der Waals surface area contributed by atoms with E-state index in [9.17, 15) is 22.8 Å². The van der Waals surface area contributed by atoms with Gasteiger partial charge in [-0.25, -0.2) is 0 Å². The minimum atomic E-state index is -4.55. The highest BCUT2D eigenvalue weighted by atomic mass is 35.5. The molecular formula is C11H7ClF3N3O2. The SMILES string of the molecule is O=C(Nc1cc(C(F)(F)F)ccc1Cl)c1cc(=O)[nH][nH]1. The van der Waals surface area contributed by atoms with Crippen LogP contribution in [0.1, 0.15) is 16.1 Å². The van der Waals surface area contributed by atoms with Gasteiger partial charge in [-0.05, 0) is 18.2 Å². The fourth-order valence-corrected chi connectivity index (χ4v) is 1.61. The molecule has 0 aliphatic heterocycles. The summed E-state index contributed by atoms with van der Waals surface area (Å²) < 4.78 is 37.7. The summed E-state index contributed by atoms with van der Waals surface area (Å²) in [6.45, 7) is 0. The summed E-state index contributed by atoms with van der Waals surface area (Å²) in [7, 11) is 0. The van der Waals surface area contributed by atoms with Crippen LogP contribution in [0.15, 0.2) is 29.1 Å². The molecule has 0 radical (unpaired) electrons. The van der Waals surface area contributed by atoms with Crippen LogP contribution in [0.5, 0.6) is 0 Å². The van der Waals surface area contributed by atoms with Crippen molar-refractivity contribution in [3.8, 4) is 0 Å². The highest BCUT2D eigenvalue weighted by molar-refractivity contribution is 6.33. The van der Waals surface area contributed by atoms with Gasteiger partial charge in [-0.3, -0.25) is 19.8 Å². The van der Waals surface area contributed by atoms with Gasteiger partial charge in [0.2, 0.25) is 0 Å². The molecule has 0 saturated carbocycles. The van der Waals surface area contributed by atoms with Crippen molar-refractivity contribution in [2.45, 2.75) is 6.18 Å². The number of aromatic nitrogens is 2. The Morgan fingerprint density at radius 2 is 1.90 bits per heavy atom. The van der Waals surface area contributed by atoms with Crippen molar-refractivity contribution in [1.82, 2.24) is 10.2 Å². The third kappa shape index (κ3) is 3.02. The van der Waals surface area contributed by atoms with Gasteiger partial charge in [0, 0.05) is 6.07 Å². The summed E-state index contributed by atoms with van der Waals surface area (Å²) in [6.07, 6.45) is -4.55. The molecule has 0 bridgehead atoms. The van der Waals surface area contributed by atoms with Gasteiger partial charge in [-0.15, -0.1) is 0 Å². The molecule has 20 heavy (non-hydrogen) atoms. The smallest absolute Gasteiger partial charge is 0.319 e. The monoisotopic (exact) mass is 305 g/mol. The van der Waals surface area contributed by atoms with Crippen LogP contribution < -0.4 is 10.9 Å². The van der Waals surface area contributed by atoms with Gasteiger partial charge in [0.15, 0.2) is 0 Å². The minimum Gasteiger partial charge on any atom is -0.319 e. The van der Waals surface area contributed by atoms with Crippen LogP contribution in [0, 0.1) is 0 Å². The molecule has 2 aromatic rings. The number of carbonyl (C=O) groups excluding carboxylic acids is 1. The predicted octanol–water partition coefficient (Wildman–Crippen LogP) is 2.63. The molecule has 1 aromatic heterocycles. The standard InChI is InChI=1S/C11H7ClF3N3O2/c12-6-2-1-5(11(13,14)15)3-7(6)16-10(20)8-4-9(19)18-17-8/h1-4H,(H,16,20)(H2,17,18,19). The molecule has 0 aliphatic carbocycles. The van der Waals surface area contributed by atoms with E-state index in [1.165, 1.54) is 0 Å². The number of rotatable bonds is 2. The van der Waals surface area contributed by atoms with E-state index in [1.54, 1.807) is 0 Å². The Morgan fingerprint density at radius 3 is 2.45 bits per heavy atom. The maximum absolute atomic E-state index is 12.6. The van der Waals surface area contributed by atoms with Crippen molar-refractivity contribution in [2.24, 2.45) is 0 Å². The number of hydrogen-bond donors (Lipinski definition) is 3. The van der Waals surface area contributed by atoms with Gasteiger partial charge >= 0.3 is 6.18 Å². The molecule has 1 amide bonds. The van der Waals surface area contributed by atoms with Crippen LogP contribution in [0.25, 0.3) is 0 Å². The van der Waals surface area contributed by atoms with Crippen LogP contribution >= 0.6 is 11.6 Å². The first-order valence-electron chi connectivity index (χ1n) is 5.23. The van der Waals surface area contributed by atoms with E-state index in [-0.39, 0.29) is 16.4 Å². The number of H-pyrrole nitrogens is 2. The van der Waals surface area contributed by atoms with Crippen molar-refractivity contribution in [1.29, 1.82) is 0 Å². The number of anilines is 1. The highest BCUT2D eigenvalue weighted by Gasteiger charge is 2.31. The average Bonchev–Trinajstić information content (AvgIpc) is 2.77. The lowest BCUT2D eigenvalue weighted by molar-refractivity contribution is -0.137. The number of hydrogen-bond acceptors (Lipinski definition) is 2. The molecule has 9 heteroatoms. The maximum atomic E-state index is 12.6. The van der Waals surface area contributed by atoms with Crippen molar-refractivity contribution >= 4 is 23.2 Å². The lowest BCUT2D eigenvalue weighted by Crippen LogP contribution is -2.14. The van der Waals surface area contributed by atoms with Gasteiger partial charge in [0.25, 0.3) is 11.5 Å². The van der Waals surface area contributed by atoms with E-state index in [1.807, 2.05) is 0 Å². The first-order valence-corrected chi connectivity index (χ1v) is 5.61. The molecule has 106 valence electrons. The van der Waals surface area contributed by atoms with E-state index >= 15 is 0 Å². The van der Waals surface area contributed by atoms with E-state index < -0.39 is 23.2 Å². The quantitative estimate of drug-likeness (QED) is 0.797. The second kappa shape index (κ2) is 5.04. The van der Waals surface area contributed by atoms with Crippen molar-refractivity contribution in [3.05, 3.63) is 50.9 Å². The van der Waals surface area contributed by atoms with Crippen LogP contribution in [0.2, 0.25) is 5.02 Å². The molecule has 2 rings (SSSR count). The fraction of sp³-hybridized carbons (Fsp3) is 0.0909.